The summed E-state index contributed by atoms with van der Waals surface area (Å²) in [5, 5.41) is 0. The molecule has 0 unspecified atom stereocenters. The van der Waals surface area contributed by atoms with Crippen LogP contribution in [0.1, 0.15) is 31.1 Å². The van der Waals surface area contributed by atoms with E-state index in [1.807, 2.05) is 20.8 Å². The van der Waals surface area contributed by atoms with E-state index < -0.39 is 5.91 Å². The molecule has 0 aromatic heterocycles. The Balaban J connectivity index is 2.53. The Labute approximate surface area is 107 Å². The third-order valence-electron chi connectivity index (χ3n) is 2.18. The fourth-order valence-electron chi connectivity index (χ4n) is 1.35. The Morgan fingerprint density at radius 3 is 2.50 bits per heavy atom. The summed E-state index contributed by atoms with van der Waals surface area (Å²) >= 11 is 0. The first-order chi connectivity index (χ1) is 8.29. The predicted molar refractivity (Wildman–Crippen MR) is 70.6 cm³/mol. The standard InChI is InChI=1S/C13H20N2O3/c1-13(2,3)18-7-6-17-9-4-5-11(14)10(8-9)12(15)16/h4-5,8H,6-7,14H2,1-3H3,(H2,15,16). The van der Waals surface area contributed by atoms with E-state index >= 15 is 0 Å². The number of rotatable bonds is 5. The molecule has 4 N–H and O–H groups in total. The van der Waals surface area contributed by atoms with Gasteiger partial charge in [-0.25, -0.2) is 0 Å². The highest BCUT2D eigenvalue weighted by molar-refractivity contribution is 5.98. The number of nitrogen functional groups attached to an aromatic ring is 1. The molecule has 0 atom stereocenters. The van der Waals surface area contributed by atoms with Gasteiger partial charge in [-0.05, 0) is 39.0 Å². The lowest BCUT2D eigenvalue weighted by Crippen LogP contribution is -2.22. The Morgan fingerprint density at radius 2 is 1.94 bits per heavy atom. The van der Waals surface area contributed by atoms with Crippen LogP contribution in [-0.2, 0) is 4.74 Å². The first kappa shape index (κ1) is 14.3. The normalized spacial score (nSPS) is 11.3. The molecule has 0 heterocycles. The molecule has 1 rings (SSSR count). The molecule has 0 bridgehead atoms. The minimum absolute atomic E-state index is 0.192. The second-order valence-corrected chi connectivity index (χ2v) is 4.92. The fourth-order valence-corrected chi connectivity index (χ4v) is 1.35. The van der Waals surface area contributed by atoms with Gasteiger partial charge in [-0.15, -0.1) is 0 Å². The first-order valence-corrected chi connectivity index (χ1v) is 5.76. The summed E-state index contributed by atoms with van der Waals surface area (Å²) < 4.78 is 11.0. The van der Waals surface area contributed by atoms with Gasteiger partial charge in [0.25, 0.3) is 5.91 Å². The molecule has 0 spiro atoms. The number of amides is 1. The predicted octanol–water partition coefficient (Wildman–Crippen LogP) is 1.56. The highest BCUT2D eigenvalue weighted by Gasteiger charge is 2.10. The van der Waals surface area contributed by atoms with E-state index in [-0.39, 0.29) is 11.2 Å². The number of carbonyl (C=O) groups is 1. The van der Waals surface area contributed by atoms with Crippen molar-refractivity contribution in [2.45, 2.75) is 26.4 Å². The zero-order valence-electron chi connectivity index (χ0n) is 11.0. The van der Waals surface area contributed by atoms with Gasteiger partial charge in [0.1, 0.15) is 12.4 Å². The van der Waals surface area contributed by atoms with Gasteiger partial charge >= 0.3 is 0 Å². The van der Waals surface area contributed by atoms with Gasteiger partial charge in [0, 0.05) is 5.69 Å². The van der Waals surface area contributed by atoms with Gasteiger partial charge in [-0.2, -0.15) is 0 Å². The topological polar surface area (TPSA) is 87.6 Å². The minimum atomic E-state index is -0.566. The van der Waals surface area contributed by atoms with Crippen molar-refractivity contribution >= 4 is 11.6 Å². The lowest BCUT2D eigenvalue weighted by Gasteiger charge is -2.19. The second-order valence-electron chi connectivity index (χ2n) is 4.92. The minimum Gasteiger partial charge on any atom is -0.491 e. The van der Waals surface area contributed by atoms with Crippen LogP contribution in [0.4, 0.5) is 5.69 Å². The average molecular weight is 252 g/mol. The molecule has 0 aliphatic carbocycles. The fraction of sp³-hybridized carbons (Fsp3) is 0.462. The average Bonchev–Trinajstić information content (AvgIpc) is 2.24. The van der Waals surface area contributed by atoms with Gasteiger partial charge in [-0.3, -0.25) is 4.79 Å². The summed E-state index contributed by atoms with van der Waals surface area (Å²) in [6.45, 7) is 6.80. The van der Waals surface area contributed by atoms with E-state index in [2.05, 4.69) is 0 Å². The van der Waals surface area contributed by atoms with Crippen molar-refractivity contribution in [2.75, 3.05) is 18.9 Å². The number of hydrogen-bond acceptors (Lipinski definition) is 4. The third kappa shape index (κ3) is 4.63. The number of benzene rings is 1. The molecule has 1 amide bonds. The number of ether oxygens (including phenoxy) is 2. The van der Waals surface area contributed by atoms with Gasteiger partial charge < -0.3 is 20.9 Å². The molecule has 0 radical (unpaired) electrons. The third-order valence-corrected chi connectivity index (χ3v) is 2.18. The molecule has 18 heavy (non-hydrogen) atoms. The lowest BCUT2D eigenvalue weighted by atomic mass is 10.1. The van der Waals surface area contributed by atoms with Crippen LogP contribution in [0.25, 0.3) is 0 Å². The summed E-state index contributed by atoms with van der Waals surface area (Å²) in [5.74, 6) is -0.0144. The molecule has 5 heteroatoms. The van der Waals surface area contributed by atoms with E-state index in [9.17, 15) is 4.79 Å². The van der Waals surface area contributed by atoms with E-state index in [0.29, 0.717) is 24.7 Å². The molecule has 0 saturated carbocycles. The van der Waals surface area contributed by atoms with Gasteiger partial charge in [0.05, 0.1) is 17.8 Å². The number of hydrogen-bond donors (Lipinski definition) is 2. The largest absolute Gasteiger partial charge is 0.491 e. The maximum absolute atomic E-state index is 11.1. The van der Waals surface area contributed by atoms with Gasteiger partial charge in [-0.1, -0.05) is 0 Å². The van der Waals surface area contributed by atoms with Gasteiger partial charge in [0.15, 0.2) is 0 Å². The van der Waals surface area contributed by atoms with Crippen molar-refractivity contribution in [2.24, 2.45) is 5.73 Å². The summed E-state index contributed by atoms with van der Waals surface area (Å²) in [6.07, 6.45) is 0. The maximum Gasteiger partial charge on any atom is 0.250 e. The van der Waals surface area contributed by atoms with Crippen LogP contribution in [0.15, 0.2) is 18.2 Å². The van der Waals surface area contributed by atoms with Crippen LogP contribution >= 0.6 is 0 Å². The van der Waals surface area contributed by atoms with Crippen LogP contribution in [0.2, 0.25) is 0 Å². The first-order valence-electron chi connectivity index (χ1n) is 5.76. The summed E-state index contributed by atoms with van der Waals surface area (Å²) in [5.41, 5.74) is 11.2. The van der Waals surface area contributed by atoms with Crippen LogP contribution < -0.4 is 16.2 Å². The number of primary amides is 1. The van der Waals surface area contributed by atoms with E-state index in [1.165, 1.54) is 6.07 Å². The van der Waals surface area contributed by atoms with E-state index in [0.717, 1.165) is 0 Å². The van der Waals surface area contributed by atoms with Crippen molar-refractivity contribution in [3.05, 3.63) is 23.8 Å². The van der Waals surface area contributed by atoms with Crippen LogP contribution in [0.3, 0.4) is 0 Å². The highest BCUT2D eigenvalue weighted by Crippen LogP contribution is 2.19. The number of nitrogens with two attached hydrogens (primary N) is 2. The van der Waals surface area contributed by atoms with Gasteiger partial charge in [0.2, 0.25) is 0 Å². The Bertz CT molecular complexity index is 425. The van der Waals surface area contributed by atoms with Crippen molar-refractivity contribution < 1.29 is 14.3 Å². The smallest absolute Gasteiger partial charge is 0.250 e. The Hall–Kier alpha value is -1.75. The maximum atomic E-state index is 11.1. The van der Waals surface area contributed by atoms with E-state index in [4.69, 9.17) is 20.9 Å². The molecule has 1 aromatic carbocycles. The molecule has 0 saturated heterocycles. The molecular weight excluding hydrogens is 232 g/mol. The van der Waals surface area contributed by atoms with Crippen LogP contribution in [0, 0.1) is 0 Å². The second kappa shape index (κ2) is 5.73. The zero-order valence-corrected chi connectivity index (χ0v) is 11.0. The van der Waals surface area contributed by atoms with Crippen molar-refractivity contribution in [3.63, 3.8) is 0 Å². The van der Waals surface area contributed by atoms with E-state index in [1.54, 1.807) is 12.1 Å². The highest BCUT2D eigenvalue weighted by atomic mass is 16.5. The Kier molecular flexibility index (Phi) is 4.55. The number of carbonyl (C=O) groups excluding carboxylic acids is 1. The van der Waals surface area contributed by atoms with Crippen LogP contribution in [0.5, 0.6) is 5.75 Å². The Morgan fingerprint density at radius 1 is 1.28 bits per heavy atom. The number of anilines is 1. The summed E-state index contributed by atoms with van der Waals surface area (Å²) in [7, 11) is 0. The summed E-state index contributed by atoms with van der Waals surface area (Å²) in [4.78, 5) is 11.1. The monoisotopic (exact) mass is 252 g/mol. The molecule has 100 valence electrons. The molecular formula is C13H20N2O3. The van der Waals surface area contributed by atoms with Crippen molar-refractivity contribution in [1.82, 2.24) is 0 Å². The molecule has 0 aliphatic heterocycles. The van der Waals surface area contributed by atoms with Crippen LogP contribution in [-0.4, -0.2) is 24.7 Å². The molecule has 5 nitrogen and oxygen atoms in total. The quantitative estimate of drug-likeness (QED) is 0.615. The SMILES string of the molecule is CC(C)(C)OCCOc1ccc(N)c(C(N)=O)c1. The van der Waals surface area contributed by atoms with Crippen molar-refractivity contribution in [1.29, 1.82) is 0 Å². The molecule has 0 aliphatic rings. The zero-order chi connectivity index (χ0) is 13.8. The molecule has 0 fully saturated rings. The van der Waals surface area contributed by atoms with Crippen molar-refractivity contribution in [3.8, 4) is 5.75 Å². The lowest BCUT2D eigenvalue weighted by molar-refractivity contribution is -0.0163. The summed E-state index contributed by atoms with van der Waals surface area (Å²) in [6, 6.07) is 4.83. The molecule has 1 aromatic rings.